The standard InChI is InChI=1S/C8H16N2O3/c1-3-6(2)9-4-7(11)10-5-8(12)13/h6,9H,3-5H2,1-2H3,(H,10,11)(H,12,13). The van der Waals surface area contributed by atoms with E-state index in [1.807, 2.05) is 13.8 Å². The van der Waals surface area contributed by atoms with Crippen LogP contribution in [0.25, 0.3) is 0 Å². The van der Waals surface area contributed by atoms with Crippen LogP contribution < -0.4 is 10.6 Å². The molecule has 5 heteroatoms. The van der Waals surface area contributed by atoms with Gasteiger partial charge in [-0.1, -0.05) is 6.92 Å². The Morgan fingerprint density at radius 2 is 2.00 bits per heavy atom. The SMILES string of the molecule is CCC(C)NCC(=O)NCC(=O)O. The average Bonchev–Trinajstić information content (AvgIpc) is 2.10. The molecule has 0 saturated carbocycles. The lowest BCUT2D eigenvalue weighted by atomic mass is 10.2. The number of carbonyl (C=O) groups is 2. The molecule has 0 spiro atoms. The number of rotatable bonds is 6. The van der Waals surface area contributed by atoms with Crippen LogP contribution >= 0.6 is 0 Å². The van der Waals surface area contributed by atoms with Gasteiger partial charge in [0.1, 0.15) is 6.54 Å². The fourth-order valence-electron chi connectivity index (χ4n) is 0.648. The molecule has 0 fully saturated rings. The van der Waals surface area contributed by atoms with E-state index in [0.717, 1.165) is 6.42 Å². The number of nitrogens with one attached hydrogen (secondary N) is 2. The highest BCUT2D eigenvalue weighted by molar-refractivity contribution is 5.82. The van der Waals surface area contributed by atoms with Crippen LogP contribution in [0.3, 0.4) is 0 Å². The Morgan fingerprint density at radius 3 is 2.46 bits per heavy atom. The molecular formula is C8H16N2O3. The van der Waals surface area contributed by atoms with Crippen molar-refractivity contribution in [2.75, 3.05) is 13.1 Å². The van der Waals surface area contributed by atoms with Gasteiger partial charge < -0.3 is 15.7 Å². The molecule has 0 aromatic rings. The van der Waals surface area contributed by atoms with Gasteiger partial charge in [-0.15, -0.1) is 0 Å². The van der Waals surface area contributed by atoms with Gasteiger partial charge in [-0.05, 0) is 13.3 Å². The van der Waals surface area contributed by atoms with Crippen LogP contribution in [0.2, 0.25) is 0 Å². The molecule has 0 aliphatic heterocycles. The summed E-state index contributed by atoms with van der Waals surface area (Å²) >= 11 is 0. The van der Waals surface area contributed by atoms with E-state index >= 15 is 0 Å². The molecule has 0 aliphatic rings. The van der Waals surface area contributed by atoms with Crippen molar-refractivity contribution in [2.45, 2.75) is 26.3 Å². The van der Waals surface area contributed by atoms with Gasteiger partial charge in [-0.3, -0.25) is 9.59 Å². The molecule has 1 amide bonds. The first-order chi connectivity index (χ1) is 6.06. The van der Waals surface area contributed by atoms with E-state index in [9.17, 15) is 9.59 Å². The van der Waals surface area contributed by atoms with E-state index in [0.29, 0.717) is 0 Å². The van der Waals surface area contributed by atoms with Crippen molar-refractivity contribution in [1.29, 1.82) is 0 Å². The fourth-order valence-corrected chi connectivity index (χ4v) is 0.648. The van der Waals surface area contributed by atoms with Gasteiger partial charge in [0.05, 0.1) is 6.54 Å². The minimum atomic E-state index is -1.03. The molecule has 0 saturated heterocycles. The highest BCUT2D eigenvalue weighted by Gasteiger charge is 2.04. The van der Waals surface area contributed by atoms with E-state index in [1.165, 1.54) is 0 Å². The third-order valence-corrected chi connectivity index (χ3v) is 1.66. The number of amides is 1. The van der Waals surface area contributed by atoms with Crippen molar-refractivity contribution in [3.8, 4) is 0 Å². The second kappa shape index (κ2) is 6.42. The molecule has 76 valence electrons. The highest BCUT2D eigenvalue weighted by Crippen LogP contribution is 1.85. The average molecular weight is 188 g/mol. The minimum absolute atomic E-state index is 0.169. The molecule has 0 aliphatic carbocycles. The van der Waals surface area contributed by atoms with Gasteiger partial charge in [-0.2, -0.15) is 0 Å². The molecule has 3 N–H and O–H groups in total. The molecule has 13 heavy (non-hydrogen) atoms. The Kier molecular flexibility index (Phi) is 5.88. The zero-order chi connectivity index (χ0) is 10.3. The van der Waals surface area contributed by atoms with Gasteiger partial charge in [0.2, 0.25) is 5.91 Å². The number of hydrogen-bond acceptors (Lipinski definition) is 3. The number of hydrogen-bond donors (Lipinski definition) is 3. The summed E-state index contributed by atoms with van der Waals surface area (Å²) in [6.45, 7) is 3.82. The molecule has 1 unspecified atom stereocenters. The van der Waals surface area contributed by atoms with Crippen molar-refractivity contribution < 1.29 is 14.7 Å². The molecule has 0 rings (SSSR count). The lowest BCUT2D eigenvalue weighted by Crippen LogP contribution is -2.39. The van der Waals surface area contributed by atoms with Crippen LogP contribution in [0.1, 0.15) is 20.3 Å². The normalized spacial score (nSPS) is 12.2. The third-order valence-electron chi connectivity index (χ3n) is 1.66. The summed E-state index contributed by atoms with van der Waals surface area (Å²) in [4.78, 5) is 21.0. The van der Waals surface area contributed by atoms with E-state index in [2.05, 4.69) is 10.6 Å². The van der Waals surface area contributed by atoms with Gasteiger partial charge >= 0.3 is 5.97 Å². The first kappa shape index (κ1) is 11.9. The van der Waals surface area contributed by atoms with E-state index in [1.54, 1.807) is 0 Å². The maximum atomic E-state index is 10.9. The summed E-state index contributed by atoms with van der Waals surface area (Å²) in [5.41, 5.74) is 0. The number of aliphatic carboxylic acids is 1. The van der Waals surface area contributed by atoms with E-state index in [-0.39, 0.29) is 25.0 Å². The predicted octanol–water partition coefficient (Wildman–Crippen LogP) is -0.425. The maximum Gasteiger partial charge on any atom is 0.322 e. The van der Waals surface area contributed by atoms with Gasteiger partial charge in [-0.25, -0.2) is 0 Å². The van der Waals surface area contributed by atoms with Crippen molar-refractivity contribution in [3.63, 3.8) is 0 Å². The molecule has 0 radical (unpaired) electrons. The quantitative estimate of drug-likeness (QED) is 0.529. The lowest BCUT2D eigenvalue weighted by molar-refractivity contribution is -0.137. The second-order valence-electron chi connectivity index (χ2n) is 2.86. The van der Waals surface area contributed by atoms with E-state index in [4.69, 9.17) is 5.11 Å². The smallest absolute Gasteiger partial charge is 0.322 e. The summed E-state index contributed by atoms with van der Waals surface area (Å²) in [7, 11) is 0. The van der Waals surface area contributed by atoms with Crippen molar-refractivity contribution >= 4 is 11.9 Å². The Labute approximate surface area is 77.5 Å². The maximum absolute atomic E-state index is 10.9. The highest BCUT2D eigenvalue weighted by atomic mass is 16.4. The summed E-state index contributed by atoms with van der Waals surface area (Å²) < 4.78 is 0. The molecule has 0 aromatic carbocycles. The molecule has 0 heterocycles. The monoisotopic (exact) mass is 188 g/mol. The van der Waals surface area contributed by atoms with Crippen molar-refractivity contribution in [3.05, 3.63) is 0 Å². The van der Waals surface area contributed by atoms with Crippen molar-refractivity contribution in [2.24, 2.45) is 0 Å². The Balaban J connectivity index is 3.46. The molecule has 5 nitrogen and oxygen atoms in total. The van der Waals surface area contributed by atoms with Crippen LogP contribution in [0.15, 0.2) is 0 Å². The van der Waals surface area contributed by atoms with E-state index < -0.39 is 5.97 Å². The minimum Gasteiger partial charge on any atom is -0.480 e. The van der Waals surface area contributed by atoms with Crippen LogP contribution in [-0.4, -0.2) is 36.1 Å². The predicted molar refractivity (Wildman–Crippen MR) is 48.4 cm³/mol. The fraction of sp³-hybridized carbons (Fsp3) is 0.750. The Morgan fingerprint density at radius 1 is 1.38 bits per heavy atom. The molecule has 0 aromatic heterocycles. The molecular weight excluding hydrogens is 172 g/mol. The number of carboxylic acid groups (broad SMARTS) is 1. The summed E-state index contributed by atoms with van der Waals surface area (Å²) in [5.74, 6) is -1.32. The van der Waals surface area contributed by atoms with Crippen LogP contribution in [0.5, 0.6) is 0 Å². The lowest BCUT2D eigenvalue weighted by Gasteiger charge is -2.10. The zero-order valence-corrected chi connectivity index (χ0v) is 7.96. The van der Waals surface area contributed by atoms with Gasteiger partial charge in [0.25, 0.3) is 0 Å². The topological polar surface area (TPSA) is 78.4 Å². The summed E-state index contributed by atoms with van der Waals surface area (Å²) in [5, 5.41) is 13.5. The third kappa shape index (κ3) is 7.27. The zero-order valence-electron chi connectivity index (χ0n) is 7.96. The van der Waals surface area contributed by atoms with Gasteiger partial charge in [0, 0.05) is 6.04 Å². The van der Waals surface area contributed by atoms with Crippen LogP contribution in [0.4, 0.5) is 0 Å². The Hall–Kier alpha value is -1.10. The summed E-state index contributed by atoms with van der Waals surface area (Å²) in [6, 6.07) is 0.274. The summed E-state index contributed by atoms with van der Waals surface area (Å²) in [6.07, 6.45) is 0.937. The Bertz CT molecular complexity index is 182. The van der Waals surface area contributed by atoms with Crippen molar-refractivity contribution in [1.82, 2.24) is 10.6 Å². The van der Waals surface area contributed by atoms with Crippen LogP contribution in [0, 0.1) is 0 Å². The van der Waals surface area contributed by atoms with Crippen LogP contribution in [-0.2, 0) is 9.59 Å². The largest absolute Gasteiger partial charge is 0.480 e. The molecule has 1 atom stereocenters. The second-order valence-corrected chi connectivity index (χ2v) is 2.86. The van der Waals surface area contributed by atoms with Gasteiger partial charge in [0.15, 0.2) is 0 Å². The molecule has 0 bridgehead atoms. The first-order valence-electron chi connectivity index (χ1n) is 4.28. The number of carboxylic acids is 1. The number of carbonyl (C=O) groups excluding carboxylic acids is 1. The first-order valence-corrected chi connectivity index (χ1v) is 4.28.